The summed E-state index contributed by atoms with van der Waals surface area (Å²) >= 11 is 12.7. The second kappa shape index (κ2) is 15.8. The van der Waals surface area contributed by atoms with Crippen molar-refractivity contribution >= 4 is 50.7 Å². The Balaban J connectivity index is 1.57. The van der Waals surface area contributed by atoms with Crippen molar-refractivity contribution in [3.63, 3.8) is 0 Å². The van der Waals surface area contributed by atoms with Crippen LogP contribution in [0.1, 0.15) is 48.8 Å². The average Bonchev–Trinajstić information content (AvgIpc) is 3.06. The predicted molar refractivity (Wildman–Crippen MR) is 188 cm³/mol. The zero-order valence-electron chi connectivity index (χ0n) is 26.3. The predicted octanol–water partition coefficient (Wildman–Crippen LogP) is 7.59. The monoisotopic (exact) mass is 691 g/mol. The molecule has 4 aromatic rings. The van der Waals surface area contributed by atoms with Gasteiger partial charge in [-0.2, -0.15) is 0 Å². The molecular weight excluding hydrogens is 653 g/mol. The van der Waals surface area contributed by atoms with Crippen LogP contribution < -0.4 is 9.62 Å². The van der Waals surface area contributed by atoms with E-state index in [1.54, 1.807) is 12.1 Å². The number of carbonyl (C=O) groups is 2. The Hall–Kier alpha value is -3.85. The average molecular weight is 693 g/mol. The Morgan fingerprint density at radius 2 is 1.38 bits per heavy atom. The number of rotatable bonds is 12. The standard InChI is InChI=1S/C37H39Cl2N3O4S/c1-27-17-19-34(20-18-27)47(45,46)42(33-23-30(38)22-31(39)24-33)26-36(43)41(25-29-13-7-3-8-14-29)35(21-28-11-5-2-6-12-28)37(44)40-32-15-9-4-10-16-32/h2-3,5-8,11-14,17-20,22-24,32,35H,4,9-10,15-16,21,25-26H2,1H3,(H,40,44)/t35-/m1/s1. The molecule has 0 bridgehead atoms. The maximum Gasteiger partial charge on any atom is 0.264 e. The third-order valence-electron chi connectivity index (χ3n) is 8.44. The van der Waals surface area contributed by atoms with Crippen molar-refractivity contribution in [2.75, 3.05) is 10.8 Å². The second-order valence-corrected chi connectivity index (χ2v) is 14.7. The summed E-state index contributed by atoms with van der Waals surface area (Å²) in [5.74, 6) is -0.802. The van der Waals surface area contributed by atoms with Gasteiger partial charge in [-0.25, -0.2) is 8.42 Å². The van der Waals surface area contributed by atoms with E-state index in [-0.39, 0.29) is 45.5 Å². The van der Waals surface area contributed by atoms with Gasteiger partial charge < -0.3 is 10.2 Å². The number of anilines is 1. The number of nitrogens with zero attached hydrogens (tertiary/aromatic N) is 2. The summed E-state index contributed by atoms with van der Waals surface area (Å²) in [6.07, 6.45) is 5.23. The van der Waals surface area contributed by atoms with Crippen molar-refractivity contribution in [1.29, 1.82) is 0 Å². The fraction of sp³-hybridized carbons (Fsp3) is 0.297. The van der Waals surface area contributed by atoms with Gasteiger partial charge in [0.2, 0.25) is 11.8 Å². The topological polar surface area (TPSA) is 86.8 Å². The Morgan fingerprint density at radius 1 is 0.809 bits per heavy atom. The Kier molecular flexibility index (Phi) is 11.6. The molecule has 0 unspecified atom stereocenters. The van der Waals surface area contributed by atoms with Crippen LogP contribution in [0.15, 0.2) is 108 Å². The van der Waals surface area contributed by atoms with Crippen LogP contribution in [0, 0.1) is 6.92 Å². The minimum absolute atomic E-state index is 0.0116. The SMILES string of the molecule is Cc1ccc(S(=O)(=O)N(CC(=O)N(Cc2ccccc2)[C@H](Cc2ccccc2)C(=O)NC2CCCCC2)c2cc(Cl)cc(Cl)c2)cc1. The molecule has 0 aromatic heterocycles. The molecular formula is C37H39Cl2N3O4S. The number of nitrogens with one attached hydrogen (secondary N) is 1. The molecule has 0 aliphatic heterocycles. The second-order valence-electron chi connectivity index (χ2n) is 12.0. The molecule has 246 valence electrons. The van der Waals surface area contributed by atoms with Gasteiger partial charge in [0.05, 0.1) is 10.6 Å². The lowest BCUT2D eigenvalue weighted by molar-refractivity contribution is -0.140. The van der Waals surface area contributed by atoms with E-state index in [0.29, 0.717) is 0 Å². The molecule has 5 rings (SSSR count). The number of amides is 2. The van der Waals surface area contributed by atoms with Gasteiger partial charge in [-0.15, -0.1) is 0 Å². The number of hydrogen-bond acceptors (Lipinski definition) is 4. The summed E-state index contributed by atoms with van der Waals surface area (Å²) in [5.41, 5.74) is 2.72. The van der Waals surface area contributed by atoms with Crippen molar-refractivity contribution < 1.29 is 18.0 Å². The van der Waals surface area contributed by atoms with E-state index >= 15 is 0 Å². The fourth-order valence-electron chi connectivity index (χ4n) is 5.93. The Bertz CT molecular complexity index is 1740. The Morgan fingerprint density at radius 3 is 1.98 bits per heavy atom. The summed E-state index contributed by atoms with van der Waals surface area (Å²) in [6, 6.07) is 28.9. The van der Waals surface area contributed by atoms with E-state index in [1.165, 1.54) is 35.2 Å². The number of halogens is 2. The van der Waals surface area contributed by atoms with Crippen LogP contribution in [-0.2, 0) is 32.6 Å². The first-order valence-corrected chi connectivity index (χ1v) is 18.0. The van der Waals surface area contributed by atoms with Crippen molar-refractivity contribution in [3.8, 4) is 0 Å². The van der Waals surface area contributed by atoms with Gasteiger partial charge in [-0.1, -0.05) is 121 Å². The Labute approximate surface area is 287 Å². The third-order valence-corrected chi connectivity index (χ3v) is 10.7. The number of benzene rings is 4. The van der Waals surface area contributed by atoms with Crippen molar-refractivity contribution in [2.24, 2.45) is 0 Å². The van der Waals surface area contributed by atoms with Gasteiger partial charge in [0.15, 0.2) is 0 Å². The number of aryl methyl sites for hydroxylation is 1. The molecule has 1 N–H and O–H groups in total. The molecule has 1 aliphatic carbocycles. The third kappa shape index (κ3) is 9.15. The normalized spacial score (nSPS) is 14.3. The van der Waals surface area contributed by atoms with E-state index in [9.17, 15) is 18.0 Å². The van der Waals surface area contributed by atoms with E-state index in [1.807, 2.05) is 67.6 Å². The van der Waals surface area contributed by atoms with Gasteiger partial charge >= 0.3 is 0 Å². The van der Waals surface area contributed by atoms with Crippen LogP contribution in [0.25, 0.3) is 0 Å². The van der Waals surface area contributed by atoms with Crippen molar-refractivity contribution in [2.45, 2.75) is 69.0 Å². The molecule has 2 amide bonds. The van der Waals surface area contributed by atoms with Gasteiger partial charge in [-0.05, 0) is 61.2 Å². The molecule has 0 radical (unpaired) electrons. The number of sulfonamides is 1. The van der Waals surface area contributed by atoms with Crippen LogP contribution >= 0.6 is 23.2 Å². The smallest absolute Gasteiger partial charge is 0.264 e. The van der Waals surface area contributed by atoms with Crippen LogP contribution in [0.5, 0.6) is 0 Å². The number of carbonyl (C=O) groups excluding carboxylic acids is 2. The van der Waals surface area contributed by atoms with Gasteiger partial charge in [0, 0.05) is 29.1 Å². The molecule has 47 heavy (non-hydrogen) atoms. The zero-order chi connectivity index (χ0) is 33.4. The first kappa shape index (κ1) is 34.5. The van der Waals surface area contributed by atoms with Gasteiger partial charge in [0.1, 0.15) is 12.6 Å². The minimum Gasteiger partial charge on any atom is -0.352 e. The maximum absolute atomic E-state index is 14.6. The molecule has 7 nitrogen and oxygen atoms in total. The molecule has 0 saturated heterocycles. The van der Waals surface area contributed by atoms with Crippen LogP contribution in [0.3, 0.4) is 0 Å². The largest absolute Gasteiger partial charge is 0.352 e. The van der Waals surface area contributed by atoms with Crippen LogP contribution in [-0.4, -0.2) is 43.8 Å². The molecule has 0 heterocycles. The molecule has 1 fully saturated rings. The molecule has 1 aliphatic rings. The highest BCUT2D eigenvalue weighted by molar-refractivity contribution is 7.92. The summed E-state index contributed by atoms with van der Waals surface area (Å²) in [4.78, 5) is 30.3. The van der Waals surface area contributed by atoms with Crippen molar-refractivity contribution in [1.82, 2.24) is 10.2 Å². The van der Waals surface area contributed by atoms with Crippen molar-refractivity contribution in [3.05, 3.63) is 130 Å². The van der Waals surface area contributed by atoms with E-state index in [2.05, 4.69) is 5.32 Å². The molecule has 10 heteroatoms. The summed E-state index contributed by atoms with van der Waals surface area (Å²) in [5, 5.41) is 3.66. The van der Waals surface area contributed by atoms with Gasteiger partial charge in [0.25, 0.3) is 10.0 Å². The summed E-state index contributed by atoms with van der Waals surface area (Å²) < 4.78 is 29.5. The highest BCUT2D eigenvalue weighted by Gasteiger charge is 2.35. The molecule has 0 spiro atoms. The minimum atomic E-state index is -4.27. The summed E-state index contributed by atoms with van der Waals surface area (Å²) in [7, 11) is -4.27. The molecule has 4 aromatic carbocycles. The fourth-order valence-corrected chi connectivity index (χ4v) is 7.84. The lowest BCUT2D eigenvalue weighted by atomic mass is 9.94. The first-order chi connectivity index (χ1) is 22.6. The van der Waals surface area contributed by atoms with Crippen LogP contribution in [0.2, 0.25) is 10.0 Å². The highest BCUT2D eigenvalue weighted by atomic mass is 35.5. The lowest BCUT2D eigenvalue weighted by Gasteiger charge is -2.35. The lowest BCUT2D eigenvalue weighted by Crippen LogP contribution is -2.55. The molecule has 1 saturated carbocycles. The maximum atomic E-state index is 14.6. The summed E-state index contributed by atoms with van der Waals surface area (Å²) in [6.45, 7) is 1.38. The molecule has 1 atom stereocenters. The van der Waals surface area contributed by atoms with E-state index in [0.717, 1.165) is 53.1 Å². The zero-order valence-corrected chi connectivity index (χ0v) is 28.6. The van der Waals surface area contributed by atoms with Gasteiger partial charge in [-0.3, -0.25) is 13.9 Å². The first-order valence-electron chi connectivity index (χ1n) is 15.8. The quantitative estimate of drug-likeness (QED) is 0.166. The van der Waals surface area contributed by atoms with Crippen LogP contribution in [0.4, 0.5) is 5.69 Å². The van der Waals surface area contributed by atoms with E-state index in [4.69, 9.17) is 23.2 Å². The number of hydrogen-bond donors (Lipinski definition) is 1. The highest BCUT2D eigenvalue weighted by Crippen LogP contribution is 2.30. The van der Waals surface area contributed by atoms with E-state index < -0.39 is 28.5 Å².